The molecule has 3 aromatic heterocycles. The Bertz CT molecular complexity index is 1170. The Morgan fingerprint density at radius 3 is 2.58 bits per heavy atom. The minimum Gasteiger partial charge on any atom is -0.455 e. The summed E-state index contributed by atoms with van der Waals surface area (Å²) in [6, 6.07) is 4.96. The van der Waals surface area contributed by atoms with Gasteiger partial charge in [-0.1, -0.05) is 30.1 Å². The molecule has 0 saturated heterocycles. The van der Waals surface area contributed by atoms with Gasteiger partial charge in [-0.15, -0.1) is 0 Å². The number of benzene rings is 2. The zero-order valence-corrected chi connectivity index (χ0v) is 15.0. The van der Waals surface area contributed by atoms with Gasteiger partial charge in [0.2, 0.25) is 0 Å². The molecule has 1 amide bonds. The lowest BCUT2D eigenvalue weighted by atomic mass is 10.0. The molecule has 1 aliphatic rings. The summed E-state index contributed by atoms with van der Waals surface area (Å²) in [5.41, 5.74) is 6.22. The first-order valence-electron chi connectivity index (χ1n) is 7.99. The van der Waals surface area contributed by atoms with Gasteiger partial charge < -0.3 is 9.73 Å². The van der Waals surface area contributed by atoms with Crippen molar-refractivity contribution in [2.75, 3.05) is 5.32 Å². The number of nitrogens with one attached hydrogen (secondary N) is 1. The van der Waals surface area contributed by atoms with E-state index in [-0.39, 0.29) is 5.91 Å². The SMILES string of the molecule is C[C@H]1c2c1c1oc2c(C(=O)Nc2ccc(Cl)c(Cl)c2)c1-c1cncnc1. The van der Waals surface area contributed by atoms with Gasteiger partial charge in [-0.25, -0.2) is 9.97 Å². The zero-order chi connectivity index (χ0) is 18.0. The van der Waals surface area contributed by atoms with E-state index >= 15 is 0 Å². The normalized spacial score (nSPS) is 15.3. The maximum absolute atomic E-state index is 13.0. The highest BCUT2D eigenvalue weighted by Crippen LogP contribution is 2.57. The van der Waals surface area contributed by atoms with E-state index in [1.165, 1.54) is 11.9 Å². The number of furan rings is 2. The highest BCUT2D eigenvalue weighted by molar-refractivity contribution is 6.42. The third kappa shape index (κ3) is 2.14. The van der Waals surface area contributed by atoms with Gasteiger partial charge >= 0.3 is 0 Å². The second-order valence-electron chi connectivity index (χ2n) is 6.27. The van der Waals surface area contributed by atoms with E-state index in [9.17, 15) is 4.79 Å². The molecule has 3 heterocycles. The maximum Gasteiger partial charge on any atom is 0.260 e. The fourth-order valence-electron chi connectivity index (χ4n) is 3.47. The van der Waals surface area contributed by atoms with Crippen molar-refractivity contribution < 1.29 is 9.21 Å². The molecule has 0 saturated carbocycles. The van der Waals surface area contributed by atoms with E-state index in [0.29, 0.717) is 32.8 Å². The van der Waals surface area contributed by atoms with Crippen molar-refractivity contribution in [3.8, 4) is 11.1 Å². The van der Waals surface area contributed by atoms with E-state index in [1.807, 2.05) is 0 Å². The summed E-state index contributed by atoms with van der Waals surface area (Å²) in [7, 11) is 0. The number of amides is 1. The lowest BCUT2D eigenvalue weighted by Crippen LogP contribution is -2.12. The summed E-state index contributed by atoms with van der Waals surface area (Å²) in [5.74, 6) is 0.0570. The highest BCUT2D eigenvalue weighted by Gasteiger charge is 2.44. The predicted octanol–water partition coefficient (Wildman–Crippen LogP) is 5.35. The van der Waals surface area contributed by atoms with Crippen LogP contribution in [0.5, 0.6) is 0 Å². The Hall–Kier alpha value is -2.63. The smallest absolute Gasteiger partial charge is 0.260 e. The third-order valence-electron chi connectivity index (χ3n) is 4.72. The molecular formula is C19H11Cl2N3O2. The lowest BCUT2D eigenvalue weighted by molar-refractivity contribution is 0.102. The molecule has 7 heteroatoms. The first kappa shape index (κ1) is 15.6. The van der Waals surface area contributed by atoms with E-state index in [1.54, 1.807) is 30.6 Å². The molecule has 2 bridgehead atoms. The molecule has 0 aliphatic heterocycles. The molecule has 1 aromatic carbocycles. The Labute approximate surface area is 158 Å². The Balaban J connectivity index is 1.61. The molecule has 5 nitrogen and oxygen atoms in total. The standard InChI is InChI=1S/C19H11Cl2N3O2/c1-8-13-14(8)18-16(15(17(13)26-18)9-5-22-7-23-6-9)19(25)24-10-2-3-11(20)12(21)4-10/h2-8H,1H3,(H,24,25)/t8-/m1/s1. The Morgan fingerprint density at radius 2 is 1.85 bits per heavy atom. The quantitative estimate of drug-likeness (QED) is 0.517. The summed E-state index contributed by atoms with van der Waals surface area (Å²) >= 11 is 12.0. The van der Waals surface area contributed by atoms with Crippen LogP contribution in [0.4, 0.5) is 5.69 Å². The van der Waals surface area contributed by atoms with Crippen molar-refractivity contribution in [1.82, 2.24) is 9.97 Å². The summed E-state index contributed by atoms with van der Waals surface area (Å²) in [4.78, 5) is 21.2. The zero-order valence-electron chi connectivity index (χ0n) is 13.5. The number of hydrogen-bond acceptors (Lipinski definition) is 4. The number of rotatable bonds is 3. The molecule has 0 fully saturated rings. The number of carbonyl (C=O) groups is 1. The van der Waals surface area contributed by atoms with Gasteiger partial charge in [0.05, 0.1) is 15.6 Å². The molecule has 5 rings (SSSR count). The van der Waals surface area contributed by atoms with Crippen molar-refractivity contribution in [2.24, 2.45) is 0 Å². The lowest BCUT2D eigenvalue weighted by Gasteiger charge is -2.08. The Morgan fingerprint density at radius 1 is 1.12 bits per heavy atom. The van der Waals surface area contributed by atoms with Crippen molar-refractivity contribution in [3.05, 3.63) is 63.7 Å². The fraction of sp³-hybridized carbons (Fsp3) is 0.105. The number of aromatic nitrogens is 2. The van der Waals surface area contributed by atoms with Crippen LogP contribution in [0, 0.1) is 0 Å². The number of anilines is 1. The van der Waals surface area contributed by atoms with Crippen LogP contribution in [0.2, 0.25) is 10.0 Å². The fourth-order valence-corrected chi connectivity index (χ4v) is 3.77. The van der Waals surface area contributed by atoms with Gasteiger partial charge in [0, 0.05) is 46.3 Å². The van der Waals surface area contributed by atoms with Gasteiger partial charge in [0.15, 0.2) is 0 Å². The minimum absolute atomic E-state index is 0.266. The van der Waals surface area contributed by atoms with Crippen LogP contribution in [-0.4, -0.2) is 15.9 Å². The molecule has 0 unspecified atom stereocenters. The average Bonchev–Trinajstić information content (AvgIpc) is 3.02. The van der Waals surface area contributed by atoms with Crippen molar-refractivity contribution in [3.63, 3.8) is 0 Å². The summed E-state index contributed by atoms with van der Waals surface area (Å²) in [5, 5.41) is 3.68. The van der Waals surface area contributed by atoms with Crippen LogP contribution in [0.3, 0.4) is 0 Å². The van der Waals surface area contributed by atoms with Crippen LogP contribution < -0.4 is 5.32 Å². The van der Waals surface area contributed by atoms with Crippen LogP contribution in [0.1, 0.15) is 34.3 Å². The van der Waals surface area contributed by atoms with Gasteiger partial charge in [0.25, 0.3) is 5.91 Å². The van der Waals surface area contributed by atoms with Gasteiger partial charge in [-0.3, -0.25) is 4.79 Å². The molecule has 4 aromatic rings. The first-order valence-corrected chi connectivity index (χ1v) is 8.75. The molecule has 128 valence electrons. The van der Waals surface area contributed by atoms with Crippen LogP contribution in [0.15, 0.2) is 41.3 Å². The van der Waals surface area contributed by atoms with Gasteiger partial charge in [-0.2, -0.15) is 0 Å². The topological polar surface area (TPSA) is 68.0 Å². The van der Waals surface area contributed by atoms with Crippen LogP contribution in [-0.2, 0) is 0 Å². The predicted molar refractivity (Wildman–Crippen MR) is 100 cm³/mol. The second kappa shape index (κ2) is 5.43. The van der Waals surface area contributed by atoms with Crippen molar-refractivity contribution >= 4 is 46.0 Å². The van der Waals surface area contributed by atoms with E-state index in [4.69, 9.17) is 27.6 Å². The van der Waals surface area contributed by atoms with Gasteiger partial charge in [0.1, 0.15) is 17.5 Å². The maximum atomic E-state index is 13.0. The van der Waals surface area contributed by atoms with Crippen LogP contribution in [0.25, 0.3) is 22.3 Å². The van der Waals surface area contributed by atoms with Crippen LogP contribution >= 0.6 is 23.2 Å². The molecule has 0 radical (unpaired) electrons. The minimum atomic E-state index is -0.266. The monoisotopic (exact) mass is 383 g/mol. The highest BCUT2D eigenvalue weighted by atomic mass is 35.5. The second-order valence-corrected chi connectivity index (χ2v) is 7.08. The number of carbonyl (C=O) groups excluding carboxylic acids is 1. The summed E-state index contributed by atoms with van der Waals surface area (Å²) < 4.78 is 5.91. The number of nitrogens with zero attached hydrogens (tertiary/aromatic N) is 2. The van der Waals surface area contributed by atoms with Crippen molar-refractivity contribution in [1.29, 1.82) is 0 Å². The summed E-state index contributed by atoms with van der Waals surface area (Å²) in [6.07, 6.45) is 4.81. The largest absolute Gasteiger partial charge is 0.455 e. The number of fused-ring (bicyclic) bond motifs is 5. The third-order valence-corrected chi connectivity index (χ3v) is 5.46. The van der Waals surface area contributed by atoms with E-state index in [0.717, 1.165) is 22.3 Å². The Kier molecular flexibility index (Phi) is 3.26. The van der Waals surface area contributed by atoms with Crippen molar-refractivity contribution in [2.45, 2.75) is 12.8 Å². The molecule has 1 atom stereocenters. The number of halogens is 2. The van der Waals surface area contributed by atoms with Gasteiger partial charge in [-0.05, 0) is 18.2 Å². The molecule has 26 heavy (non-hydrogen) atoms. The molecule has 1 aliphatic carbocycles. The molecule has 0 spiro atoms. The molecule has 1 N–H and O–H groups in total. The van der Waals surface area contributed by atoms with E-state index in [2.05, 4.69) is 22.2 Å². The number of hydrogen-bond donors (Lipinski definition) is 1. The summed E-state index contributed by atoms with van der Waals surface area (Å²) in [6.45, 7) is 2.10. The molecular weight excluding hydrogens is 373 g/mol. The first-order chi connectivity index (χ1) is 12.6. The van der Waals surface area contributed by atoms with E-state index < -0.39 is 0 Å². The average molecular weight is 384 g/mol.